The first-order valence-electron chi connectivity index (χ1n) is 12.3. The molecule has 3 heterocycles. The standard InChI is InChI=1S/C26H30ClN5O/c27-19-9-12-23-18(14-19)15-21(29-20-4-3-5-20)16-24-30-31-26(32(23)24)17-7-10-22(11-8-17)33-25-6-1-2-13-28-25/h1-2,6,9,12-14,17,20-22,29H,3-5,7-8,10-11,15-16H2. The lowest BCUT2D eigenvalue weighted by atomic mass is 9.86. The van der Waals surface area contributed by atoms with Gasteiger partial charge in [0, 0.05) is 41.7 Å². The van der Waals surface area contributed by atoms with Crippen molar-refractivity contribution in [1.82, 2.24) is 25.1 Å². The number of hydrogen-bond donors (Lipinski definition) is 1. The molecule has 6 nitrogen and oxygen atoms in total. The van der Waals surface area contributed by atoms with E-state index in [1.165, 1.54) is 30.5 Å². The molecule has 3 aliphatic rings. The van der Waals surface area contributed by atoms with Gasteiger partial charge in [-0.15, -0.1) is 10.2 Å². The zero-order valence-electron chi connectivity index (χ0n) is 18.8. The average molecular weight is 464 g/mol. The quantitative estimate of drug-likeness (QED) is 0.574. The Morgan fingerprint density at radius 1 is 0.939 bits per heavy atom. The topological polar surface area (TPSA) is 64.9 Å². The van der Waals surface area contributed by atoms with E-state index in [4.69, 9.17) is 26.5 Å². The SMILES string of the molecule is Clc1ccc2c(c1)CC(NC1CCC1)Cc1nnc(C3CCC(Oc4ccccn4)CC3)n1-2. The van der Waals surface area contributed by atoms with Crippen molar-refractivity contribution in [2.45, 2.75) is 81.9 Å². The van der Waals surface area contributed by atoms with Crippen LogP contribution in [0.15, 0.2) is 42.6 Å². The number of fused-ring (bicyclic) bond motifs is 3. The van der Waals surface area contributed by atoms with Crippen LogP contribution in [0.5, 0.6) is 5.88 Å². The molecule has 0 bridgehead atoms. The van der Waals surface area contributed by atoms with Crippen LogP contribution in [0.3, 0.4) is 0 Å². The lowest BCUT2D eigenvalue weighted by Gasteiger charge is -2.31. The highest BCUT2D eigenvalue weighted by atomic mass is 35.5. The molecule has 0 amide bonds. The second kappa shape index (κ2) is 9.07. The van der Waals surface area contributed by atoms with Crippen molar-refractivity contribution in [3.63, 3.8) is 0 Å². The first-order valence-corrected chi connectivity index (χ1v) is 12.7. The number of pyridine rings is 1. The average Bonchev–Trinajstić information content (AvgIpc) is 3.14. The van der Waals surface area contributed by atoms with E-state index < -0.39 is 0 Å². The molecule has 33 heavy (non-hydrogen) atoms. The van der Waals surface area contributed by atoms with Crippen LogP contribution in [0, 0.1) is 0 Å². The number of halogens is 1. The van der Waals surface area contributed by atoms with Crippen molar-refractivity contribution in [2.75, 3.05) is 0 Å². The first kappa shape index (κ1) is 21.1. The van der Waals surface area contributed by atoms with E-state index in [1.807, 2.05) is 24.3 Å². The highest BCUT2D eigenvalue weighted by Gasteiger charge is 2.32. The zero-order valence-corrected chi connectivity index (χ0v) is 19.5. The van der Waals surface area contributed by atoms with Crippen LogP contribution in [0.1, 0.15) is 68.1 Å². The van der Waals surface area contributed by atoms with Crippen LogP contribution < -0.4 is 10.1 Å². The first-order chi connectivity index (χ1) is 16.2. The number of benzene rings is 1. The fourth-order valence-corrected chi connectivity index (χ4v) is 5.73. The smallest absolute Gasteiger partial charge is 0.213 e. The van der Waals surface area contributed by atoms with E-state index in [2.05, 4.69) is 27.0 Å². The number of nitrogens with zero attached hydrogens (tertiary/aromatic N) is 4. The number of nitrogens with one attached hydrogen (secondary N) is 1. The molecular weight excluding hydrogens is 434 g/mol. The number of rotatable bonds is 5. The molecule has 172 valence electrons. The Labute approximate surface area is 199 Å². The third-order valence-electron chi connectivity index (χ3n) is 7.47. The van der Waals surface area contributed by atoms with Gasteiger partial charge in [-0.05, 0) is 74.8 Å². The normalized spacial score (nSPS) is 24.9. The Hall–Kier alpha value is -2.44. The molecule has 7 heteroatoms. The van der Waals surface area contributed by atoms with Gasteiger partial charge in [0.1, 0.15) is 17.8 Å². The van der Waals surface area contributed by atoms with Gasteiger partial charge in [0.2, 0.25) is 5.88 Å². The fraction of sp³-hybridized carbons (Fsp3) is 0.500. The third kappa shape index (κ3) is 4.38. The second-order valence-electron chi connectivity index (χ2n) is 9.74. The molecule has 0 saturated heterocycles. The van der Waals surface area contributed by atoms with E-state index in [0.29, 0.717) is 23.9 Å². The van der Waals surface area contributed by atoms with Crippen LogP contribution in [-0.2, 0) is 12.8 Å². The molecular formula is C26H30ClN5O. The minimum atomic E-state index is 0.213. The highest BCUT2D eigenvalue weighted by Crippen LogP contribution is 2.37. The molecule has 6 rings (SSSR count). The summed E-state index contributed by atoms with van der Waals surface area (Å²) in [5, 5.41) is 14.1. The van der Waals surface area contributed by atoms with Crippen molar-refractivity contribution in [3.05, 3.63) is 64.8 Å². The zero-order chi connectivity index (χ0) is 22.2. The fourth-order valence-electron chi connectivity index (χ4n) is 5.54. The van der Waals surface area contributed by atoms with E-state index in [0.717, 1.165) is 55.2 Å². The van der Waals surface area contributed by atoms with Crippen molar-refractivity contribution >= 4 is 11.6 Å². The Morgan fingerprint density at radius 3 is 2.58 bits per heavy atom. The van der Waals surface area contributed by atoms with Gasteiger partial charge < -0.3 is 10.1 Å². The van der Waals surface area contributed by atoms with Gasteiger partial charge in [0.05, 0.1) is 5.69 Å². The largest absolute Gasteiger partial charge is 0.474 e. The molecule has 1 N–H and O–H groups in total. The maximum atomic E-state index is 6.41. The Balaban J connectivity index is 1.24. The Morgan fingerprint density at radius 2 is 1.82 bits per heavy atom. The molecule has 3 aromatic rings. The van der Waals surface area contributed by atoms with Gasteiger partial charge in [0.25, 0.3) is 0 Å². The van der Waals surface area contributed by atoms with E-state index in [9.17, 15) is 0 Å². The molecule has 2 aromatic heterocycles. The summed E-state index contributed by atoms with van der Waals surface area (Å²) in [6.45, 7) is 0. The summed E-state index contributed by atoms with van der Waals surface area (Å²) >= 11 is 6.41. The summed E-state index contributed by atoms with van der Waals surface area (Å²) in [5.74, 6) is 3.26. The van der Waals surface area contributed by atoms with E-state index in [-0.39, 0.29) is 6.10 Å². The van der Waals surface area contributed by atoms with Gasteiger partial charge >= 0.3 is 0 Å². The molecule has 2 saturated carbocycles. The summed E-state index contributed by atoms with van der Waals surface area (Å²) in [6, 6.07) is 13.1. The number of ether oxygens (including phenoxy) is 1. The van der Waals surface area contributed by atoms with Crippen molar-refractivity contribution in [3.8, 4) is 11.6 Å². The van der Waals surface area contributed by atoms with Crippen LogP contribution >= 0.6 is 11.6 Å². The van der Waals surface area contributed by atoms with Gasteiger partial charge in [0.15, 0.2) is 0 Å². The van der Waals surface area contributed by atoms with Crippen molar-refractivity contribution < 1.29 is 4.74 Å². The summed E-state index contributed by atoms with van der Waals surface area (Å²) in [5.41, 5.74) is 2.48. The molecule has 0 spiro atoms. The predicted octanol–water partition coefficient (Wildman–Crippen LogP) is 5.03. The van der Waals surface area contributed by atoms with Gasteiger partial charge in [-0.1, -0.05) is 24.1 Å². The number of hydrogen-bond acceptors (Lipinski definition) is 5. The lowest BCUT2D eigenvalue weighted by Crippen LogP contribution is -2.44. The summed E-state index contributed by atoms with van der Waals surface area (Å²) in [4.78, 5) is 4.31. The van der Waals surface area contributed by atoms with Crippen LogP contribution in [0.25, 0.3) is 5.69 Å². The molecule has 2 fully saturated rings. The summed E-state index contributed by atoms with van der Waals surface area (Å²) in [6.07, 6.45) is 11.8. The molecule has 0 radical (unpaired) electrons. The van der Waals surface area contributed by atoms with Crippen molar-refractivity contribution in [1.29, 1.82) is 0 Å². The van der Waals surface area contributed by atoms with Crippen LogP contribution in [0.4, 0.5) is 0 Å². The van der Waals surface area contributed by atoms with Crippen LogP contribution in [0.2, 0.25) is 5.02 Å². The maximum Gasteiger partial charge on any atom is 0.213 e. The molecule has 1 atom stereocenters. The van der Waals surface area contributed by atoms with Crippen LogP contribution in [-0.4, -0.2) is 37.9 Å². The molecule has 1 aromatic carbocycles. The summed E-state index contributed by atoms with van der Waals surface area (Å²) < 4.78 is 8.45. The number of aromatic nitrogens is 4. The minimum Gasteiger partial charge on any atom is -0.474 e. The Bertz CT molecular complexity index is 1110. The second-order valence-corrected chi connectivity index (χ2v) is 10.2. The molecule has 2 aliphatic carbocycles. The van der Waals surface area contributed by atoms with Gasteiger partial charge in [-0.25, -0.2) is 4.98 Å². The monoisotopic (exact) mass is 463 g/mol. The summed E-state index contributed by atoms with van der Waals surface area (Å²) in [7, 11) is 0. The van der Waals surface area contributed by atoms with Gasteiger partial charge in [-0.2, -0.15) is 0 Å². The highest BCUT2D eigenvalue weighted by molar-refractivity contribution is 6.30. The third-order valence-corrected chi connectivity index (χ3v) is 7.71. The van der Waals surface area contributed by atoms with E-state index in [1.54, 1.807) is 6.20 Å². The van der Waals surface area contributed by atoms with Gasteiger partial charge in [-0.3, -0.25) is 4.57 Å². The molecule has 1 aliphatic heterocycles. The van der Waals surface area contributed by atoms with E-state index >= 15 is 0 Å². The lowest BCUT2D eigenvalue weighted by molar-refractivity contribution is 0.139. The predicted molar refractivity (Wildman–Crippen MR) is 128 cm³/mol. The maximum absolute atomic E-state index is 6.41. The van der Waals surface area contributed by atoms with Crippen molar-refractivity contribution in [2.24, 2.45) is 0 Å². The molecule has 1 unspecified atom stereocenters. The Kier molecular flexibility index (Phi) is 5.80. The minimum absolute atomic E-state index is 0.213.